The highest BCUT2D eigenvalue weighted by atomic mass is 19.4. The summed E-state index contributed by atoms with van der Waals surface area (Å²) in [5.41, 5.74) is 4.93. The third kappa shape index (κ3) is 3.03. The molecule has 0 heterocycles. The van der Waals surface area contributed by atoms with E-state index in [4.69, 9.17) is 5.73 Å². The Kier molecular flexibility index (Phi) is 3.05. The molecule has 3 N–H and O–H groups in total. The molecule has 0 aliphatic rings. The summed E-state index contributed by atoms with van der Waals surface area (Å²) in [6, 6.07) is 3.81. The Balaban J connectivity index is 3.15. The van der Waals surface area contributed by atoms with E-state index in [0.717, 1.165) is 6.07 Å². The SMILES string of the molecule is CC(C)(N)c1cccc(OC(F)(F)F)c1O. The number of phenolic OH excluding ortho intramolecular Hbond substituents is 1. The molecular weight excluding hydrogens is 223 g/mol. The van der Waals surface area contributed by atoms with E-state index in [0.29, 0.717) is 0 Å². The van der Waals surface area contributed by atoms with Gasteiger partial charge in [-0.1, -0.05) is 12.1 Å². The highest BCUT2D eigenvalue weighted by Gasteiger charge is 2.33. The van der Waals surface area contributed by atoms with Gasteiger partial charge in [0.1, 0.15) is 0 Å². The van der Waals surface area contributed by atoms with Crippen molar-refractivity contribution in [3.8, 4) is 11.5 Å². The fraction of sp³-hybridized carbons (Fsp3) is 0.400. The number of aromatic hydroxyl groups is 1. The lowest BCUT2D eigenvalue weighted by atomic mass is 9.94. The van der Waals surface area contributed by atoms with Crippen LogP contribution in [0.1, 0.15) is 19.4 Å². The number of ether oxygens (including phenoxy) is 1. The summed E-state index contributed by atoms with van der Waals surface area (Å²) < 4.78 is 39.6. The third-order valence-electron chi connectivity index (χ3n) is 1.92. The van der Waals surface area contributed by atoms with Crippen molar-refractivity contribution in [2.75, 3.05) is 0 Å². The van der Waals surface area contributed by atoms with Gasteiger partial charge in [0, 0.05) is 11.1 Å². The minimum absolute atomic E-state index is 0.189. The summed E-state index contributed by atoms with van der Waals surface area (Å²) in [5.74, 6) is -1.24. The van der Waals surface area contributed by atoms with Gasteiger partial charge < -0.3 is 15.6 Å². The smallest absolute Gasteiger partial charge is 0.504 e. The molecule has 0 saturated carbocycles. The molecular formula is C10H12F3NO2. The normalized spacial score (nSPS) is 12.6. The minimum Gasteiger partial charge on any atom is -0.504 e. The molecule has 1 aromatic rings. The Morgan fingerprint density at radius 1 is 1.25 bits per heavy atom. The van der Waals surface area contributed by atoms with Crippen molar-refractivity contribution in [3.63, 3.8) is 0 Å². The van der Waals surface area contributed by atoms with Crippen LogP contribution in [0.25, 0.3) is 0 Å². The third-order valence-corrected chi connectivity index (χ3v) is 1.92. The van der Waals surface area contributed by atoms with Gasteiger partial charge in [-0.25, -0.2) is 0 Å². The molecule has 0 unspecified atom stereocenters. The van der Waals surface area contributed by atoms with Crippen molar-refractivity contribution >= 4 is 0 Å². The van der Waals surface area contributed by atoms with Gasteiger partial charge in [0.15, 0.2) is 11.5 Å². The van der Waals surface area contributed by atoms with Crippen LogP contribution in [-0.2, 0) is 5.54 Å². The van der Waals surface area contributed by atoms with Crippen molar-refractivity contribution in [1.82, 2.24) is 0 Å². The van der Waals surface area contributed by atoms with E-state index >= 15 is 0 Å². The number of rotatable bonds is 2. The zero-order chi connectivity index (χ0) is 12.6. The molecule has 16 heavy (non-hydrogen) atoms. The summed E-state index contributed by atoms with van der Waals surface area (Å²) in [6.45, 7) is 3.14. The van der Waals surface area contributed by atoms with Crippen molar-refractivity contribution < 1.29 is 23.0 Å². The first-order valence-electron chi connectivity index (χ1n) is 4.48. The van der Waals surface area contributed by atoms with Crippen LogP contribution in [0.4, 0.5) is 13.2 Å². The minimum atomic E-state index is -4.84. The van der Waals surface area contributed by atoms with Crippen molar-refractivity contribution in [2.24, 2.45) is 5.73 Å². The molecule has 0 spiro atoms. The molecule has 1 rings (SSSR count). The summed E-state index contributed by atoms with van der Waals surface area (Å²) in [5, 5.41) is 9.58. The largest absolute Gasteiger partial charge is 0.573 e. The fourth-order valence-corrected chi connectivity index (χ4v) is 1.25. The van der Waals surface area contributed by atoms with Crippen LogP contribution in [0.15, 0.2) is 18.2 Å². The van der Waals surface area contributed by atoms with Gasteiger partial charge in [0.05, 0.1) is 0 Å². The number of hydrogen-bond donors (Lipinski definition) is 2. The van der Waals surface area contributed by atoms with E-state index in [2.05, 4.69) is 4.74 Å². The van der Waals surface area contributed by atoms with Crippen molar-refractivity contribution in [3.05, 3.63) is 23.8 Å². The van der Waals surface area contributed by atoms with E-state index in [-0.39, 0.29) is 5.56 Å². The summed E-state index contributed by atoms with van der Waals surface area (Å²) in [7, 11) is 0. The first-order valence-corrected chi connectivity index (χ1v) is 4.48. The van der Waals surface area contributed by atoms with Crippen LogP contribution >= 0.6 is 0 Å². The molecule has 0 amide bonds. The maximum atomic E-state index is 12.0. The molecule has 0 aliphatic carbocycles. The second kappa shape index (κ2) is 3.86. The zero-order valence-corrected chi connectivity index (χ0v) is 8.80. The van der Waals surface area contributed by atoms with Crippen LogP contribution in [0, 0.1) is 0 Å². The summed E-state index contributed by atoms with van der Waals surface area (Å²) in [4.78, 5) is 0. The second-order valence-corrected chi connectivity index (χ2v) is 3.92. The average Bonchev–Trinajstić information content (AvgIpc) is 2.04. The highest BCUT2D eigenvalue weighted by Crippen LogP contribution is 2.37. The number of phenols is 1. The number of benzene rings is 1. The quantitative estimate of drug-likeness (QED) is 0.827. The Hall–Kier alpha value is -1.43. The van der Waals surface area contributed by atoms with Crippen LogP contribution in [0.5, 0.6) is 11.5 Å². The zero-order valence-electron chi connectivity index (χ0n) is 8.80. The van der Waals surface area contributed by atoms with Crippen molar-refractivity contribution in [1.29, 1.82) is 0 Å². The van der Waals surface area contributed by atoms with Crippen LogP contribution in [-0.4, -0.2) is 11.5 Å². The van der Waals surface area contributed by atoms with Gasteiger partial charge in [-0.15, -0.1) is 13.2 Å². The van der Waals surface area contributed by atoms with Crippen LogP contribution in [0.2, 0.25) is 0 Å². The Labute approximate surface area is 90.6 Å². The highest BCUT2D eigenvalue weighted by molar-refractivity contribution is 5.48. The molecule has 0 atom stereocenters. The Bertz CT molecular complexity index is 383. The number of para-hydroxylation sites is 1. The molecule has 0 saturated heterocycles. The molecule has 1 aromatic carbocycles. The standard InChI is InChI=1S/C10H12F3NO2/c1-9(2,14)6-4-3-5-7(8(6)15)16-10(11,12)13/h3-5,15H,14H2,1-2H3. The predicted octanol–water partition coefficient (Wildman–Crippen LogP) is 2.48. The second-order valence-electron chi connectivity index (χ2n) is 3.92. The van der Waals surface area contributed by atoms with Gasteiger partial charge in [-0.2, -0.15) is 0 Å². The summed E-state index contributed by atoms with van der Waals surface area (Å²) >= 11 is 0. The monoisotopic (exact) mass is 235 g/mol. The van der Waals surface area contributed by atoms with Crippen LogP contribution < -0.4 is 10.5 Å². The first-order chi connectivity index (χ1) is 7.11. The predicted molar refractivity (Wildman–Crippen MR) is 52.0 cm³/mol. The lowest BCUT2D eigenvalue weighted by Crippen LogP contribution is -2.29. The molecule has 90 valence electrons. The van der Waals surface area contributed by atoms with E-state index in [9.17, 15) is 18.3 Å². The topological polar surface area (TPSA) is 55.5 Å². The number of nitrogens with two attached hydrogens (primary N) is 1. The lowest BCUT2D eigenvalue weighted by molar-refractivity contribution is -0.275. The number of halogens is 3. The fourth-order valence-electron chi connectivity index (χ4n) is 1.25. The molecule has 0 aliphatic heterocycles. The number of alkyl halides is 3. The maximum absolute atomic E-state index is 12.0. The van der Waals surface area contributed by atoms with Gasteiger partial charge in [-0.3, -0.25) is 0 Å². The molecule has 0 aromatic heterocycles. The van der Waals surface area contributed by atoms with Gasteiger partial charge >= 0.3 is 6.36 Å². The molecule has 0 fully saturated rings. The van der Waals surface area contributed by atoms with E-state index in [1.165, 1.54) is 12.1 Å². The van der Waals surface area contributed by atoms with E-state index in [1.54, 1.807) is 13.8 Å². The van der Waals surface area contributed by atoms with E-state index < -0.39 is 23.4 Å². The average molecular weight is 235 g/mol. The number of hydrogen-bond acceptors (Lipinski definition) is 3. The van der Waals surface area contributed by atoms with Gasteiger partial charge in [0.25, 0.3) is 0 Å². The molecule has 0 radical (unpaired) electrons. The molecule has 6 heteroatoms. The lowest BCUT2D eigenvalue weighted by Gasteiger charge is -2.22. The Morgan fingerprint density at radius 3 is 2.25 bits per heavy atom. The summed E-state index contributed by atoms with van der Waals surface area (Å²) in [6.07, 6.45) is -4.84. The Morgan fingerprint density at radius 2 is 1.81 bits per heavy atom. The van der Waals surface area contributed by atoms with Crippen LogP contribution in [0.3, 0.4) is 0 Å². The van der Waals surface area contributed by atoms with Gasteiger partial charge in [-0.05, 0) is 19.9 Å². The molecule has 0 bridgehead atoms. The van der Waals surface area contributed by atoms with E-state index in [1.807, 2.05) is 0 Å². The first kappa shape index (κ1) is 12.6. The maximum Gasteiger partial charge on any atom is 0.573 e. The van der Waals surface area contributed by atoms with Gasteiger partial charge in [0.2, 0.25) is 0 Å². The van der Waals surface area contributed by atoms with Crippen molar-refractivity contribution in [2.45, 2.75) is 25.7 Å². The molecule has 3 nitrogen and oxygen atoms in total.